The van der Waals surface area contributed by atoms with Crippen LogP contribution in [0, 0.1) is 6.92 Å². The van der Waals surface area contributed by atoms with Gasteiger partial charge >= 0.3 is 0 Å². The zero-order chi connectivity index (χ0) is 18.9. The highest BCUT2D eigenvalue weighted by atomic mass is 35.5. The molecule has 2 heterocycles. The number of halogens is 1. The third-order valence-electron chi connectivity index (χ3n) is 4.39. The summed E-state index contributed by atoms with van der Waals surface area (Å²) in [5.74, 6) is -0.239. The van der Waals surface area contributed by atoms with Crippen LogP contribution in [-0.2, 0) is 10.0 Å². The number of piperazine rings is 1. The zero-order valence-corrected chi connectivity index (χ0v) is 15.7. The lowest BCUT2D eigenvalue weighted by atomic mass is 10.2. The number of aromatic nitrogens is 1. The van der Waals surface area contributed by atoms with Crippen molar-refractivity contribution in [3.05, 3.63) is 63.0 Å². The number of hydrogen-bond donors (Lipinski definition) is 1. The van der Waals surface area contributed by atoms with E-state index in [-0.39, 0.29) is 42.5 Å². The minimum absolute atomic E-state index is 0.186. The van der Waals surface area contributed by atoms with Gasteiger partial charge in [-0.3, -0.25) is 9.59 Å². The number of pyridine rings is 1. The van der Waals surface area contributed by atoms with Gasteiger partial charge in [0.05, 0.1) is 10.5 Å². The van der Waals surface area contributed by atoms with Gasteiger partial charge in [-0.1, -0.05) is 17.7 Å². The lowest BCUT2D eigenvalue weighted by molar-refractivity contribution is 0.0697. The third kappa shape index (κ3) is 3.53. The lowest BCUT2D eigenvalue weighted by Crippen LogP contribution is -2.50. The summed E-state index contributed by atoms with van der Waals surface area (Å²) in [5.41, 5.74) is 0.599. The molecule has 3 rings (SSSR count). The first kappa shape index (κ1) is 18.6. The van der Waals surface area contributed by atoms with Gasteiger partial charge in [0.2, 0.25) is 15.6 Å². The molecule has 0 aliphatic carbocycles. The van der Waals surface area contributed by atoms with Crippen molar-refractivity contribution in [3.63, 3.8) is 0 Å². The highest BCUT2D eigenvalue weighted by Gasteiger charge is 2.31. The number of nitrogens with zero attached hydrogens (tertiary/aromatic N) is 2. The van der Waals surface area contributed by atoms with E-state index in [1.165, 1.54) is 28.7 Å². The zero-order valence-electron chi connectivity index (χ0n) is 14.1. The second-order valence-electron chi connectivity index (χ2n) is 6.00. The SMILES string of the molecule is Cc1c(Cl)cccc1S(=O)(=O)N1CCN(C(=O)c2ccc(=O)[nH]c2)CC1. The number of nitrogens with one attached hydrogen (secondary N) is 1. The number of aromatic amines is 1. The van der Waals surface area contributed by atoms with Crippen LogP contribution in [0.4, 0.5) is 0 Å². The monoisotopic (exact) mass is 395 g/mol. The van der Waals surface area contributed by atoms with Crippen molar-refractivity contribution < 1.29 is 13.2 Å². The summed E-state index contributed by atoms with van der Waals surface area (Å²) in [4.78, 5) is 27.8. The Bertz CT molecular complexity index is 975. The maximum atomic E-state index is 12.9. The van der Waals surface area contributed by atoms with Crippen molar-refractivity contribution in [2.24, 2.45) is 0 Å². The van der Waals surface area contributed by atoms with Crippen LogP contribution in [0.15, 0.2) is 46.2 Å². The maximum Gasteiger partial charge on any atom is 0.255 e. The van der Waals surface area contributed by atoms with Crippen LogP contribution in [0.3, 0.4) is 0 Å². The van der Waals surface area contributed by atoms with Gasteiger partial charge in [-0.2, -0.15) is 4.31 Å². The Morgan fingerprint density at radius 3 is 2.42 bits per heavy atom. The molecule has 26 heavy (non-hydrogen) atoms. The lowest BCUT2D eigenvalue weighted by Gasteiger charge is -2.34. The number of carbonyl (C=O) groups excluding carboxylic acids is 1. The molecule has 1 N–H and O–H groups in total. The number of carbonyl (C=O) groups is 1. The molecule has 138 valence electrons. The number of benzene rings is 1. The van der Waals surface area contributed by atoms with Crippen LogP contribution in [-0.4, -0.2) is 54.7 Å². The Labute approximate surface area is 156 Å². The highest BCUT2D eigenvalue weighted by Crippen LogP contribution is 2.26. The van der Waals surface area contributed by atoms with E-state index in [0.717, 1.165) is 0 Å². The molecule has 2 aromatic rings. The van der Waals surface area contributed by atoms with Gasteiger partial charge in [0.15, 0.2) is 0 Å². The number of H-pyrrole nitrogens is 1. The Morgan fingerprint density at radius 1 is 1.12 bits per heavy atom. The first-order chi connectivity index (χ1) is 12.3. The van der Waals surface area contributed by atoms with Crippen molar-refractivity contribution >= 4 is 27.5 Å². The molecule has 0 saturated carbocycles. The summed E-state index contributed by atoms with van der Waals surface area (Å²) in [6.45, 7) is 2.62. The maximum absolute atomic E-state index is 12.9. The molecular weight excluding hydrogens is 378 g/mol. The summed E-state index contributed by atoms with van der Waals surface area (Å²) < 4.78 is 27.1. The molecule has 1 amide bonds. The number of hydrogen-bond acceptors (Lipinski definition) is 4. The van der Waals surface area contributed by atoms with Crippen molar-refractivity contribution in [3.8, 4) is 0 Å². The molecule has 0 unspecified atom stereocenters. The van der Waals surface area contributed by atoms with E-state index < -0.39 is 10.0 Å². The Morgan fingerprint density at radius 2 is 1.81 bits per heavy atom. The summed E-state index contributed by atoms with van der Waals surface area (Å²) in [7, 11) is -3.67. The molecule has 9 heteroatoms. The normalized spacial score (nSPS) is 15.8. The topological polar surface area (TPSA) is 90.6 Å². The van der Waals surface area contributed by atoms with Gasteiger partial charge in [0.1, 0.15) is 0 Å². The molecule has 1 saturated heterocycles. The van der Waals surface area contributed by atoms with Crippen LogP contribution in [0.2, 0.25) is 5.02 Å². The summed E-state index contributed by atoms with van der Waals surface area (Å²) in [6, 6.07) is 7.54. The second-order valence-corrected chi connectivity index (χ2v) is 8.31. The van der Waals surface area contributed by atoms with Crippen molar-refractivity contribution in [2.75, 3.05) is 26.2 Å². The standard InChI is InChI=1S/C17H18ClN3O4S/c1-12-14(18)3-2-4-15(12)26(24,25)21-9-7-20(8-10-21)17(23)13-5-6-16(22)19-11-13/h2-6,11H,7-10H2,1H3,(H,19,22). The molecular formula is C17H18ClN3O4S. The fourth-order valence-electron chi connectivity index (χ4n) is 2.86. The molecule has 1 aliphatic rings. The smallest absolute Gasteiger partial charge is 0.255 e. The highest BCUT2D eigenvalue weighted by molar-refractivity contribution is 7.89. The van der Waals surface area contributed by atoms with E-state index in [4.69, 9.17) is 11.6 Å². The van der Waals surface area contributed by atoms with Crippen LogP contribution >= 0.6 is 11.6 Å². The van der Waals surface area contributed by atoms with E-state index in [9.17, 15) is 18.0 Å². The Kier molecular flexibility index (Phi) is 5.17. The van der Waals surface area contributed by atoms with Crippen LogP contribution in [0.1, 0.15) is 15.9 Å². The van der Waals surface area contributed by atoms with Gasteiger partial charge in [0, 0.05) is 43.5 Å². The van der Waals surface area contributed by atoms with Gasteiger partial charge in [-0.15, -0.1) is 0 Å². The third-order valence-corrected chi connectivity index (χ3v) is 6.85. The van der Waals surface area contributed by atoms with E-state index in [1.807, 2.05) is 0 Å². The molecule has 7 nitrogen and oxygen atoms in total. The summed E-state index contributed by atoms with van der Waals surface area (Å²) >= 11 is 6.04. The van der Waals surface area contributed by atoms with E-state index >= 15 is 0 Å². The van der Waals surface area contributed by atoms with Crippen molar-refractivity contribution in [1.82, 2.24) is 14.2 Å². The number of rotatable bonds is 3. The van der Waals surface area contributed by atoms with Crippen LogP contribution in [0.25, 0.3) is 0 Å². The van der Waals surface area contributed by atoms with E-state index in [1.54, 1.807) is 24.0 Å². The average Bonchev–Trinajstić information content (AvgIpc) is 2.64. The van der Waals surface area contributed by atoms with Gasteiger partial charge in [-0.25, -0.2) is 8.42 Å². The molecule has 1 fully saturated rings. The molecule has 1 aromatic carbocycles. The van der Waals surface area contributed by atoms with Gasteiger partial charge in [-0.05, 0) is 30.7 Å². The molecule has 0 atom stereocenters. The largest absolute Gasteiger partial charge is 0.336 e. The first-order valence-electron chi connectivity index (χ1n) is 8.04. The predicted octanol–water partition coefficient (Wildman–Crippen LogP) is 1.48. The van der Waals surface area contributed by atoms with E-state index in [2.05, 4.69) is 4.98 Å². The summed E-state index contributed by atoms with van der Waals surface area (Å²) in [5, 5.41) is 0.401. The Balaban J connectivity index is 1.73. The first-order valence-corrected chi connectivity index (χ1v) is 9.86. The van der Waals surface area contributed by atoms with Gasteiger partial charge < -0.3 is 9.88 Å². The van der Waals surface area contributed by atoms with Crippen molar-refractivity contribution in [2.45, 2.75) is 11.8 Å². The minimum Gasteiger partial charge on any atom is -0.336 e. The predicted molar refractivity (Wildman–Crippen MR) is 97.9 cm³/mol. The molecule has 0 bridgehead atoms. The number of amides is 1. The van der Waals surface area contributed by atoms with Crippen molar-refractivity contribution in [1.29, 1.82) is 0 Å². The van der Waals surface area contributed by atoms with Crippen LogP contribution in [0.5, 0.6) is 0 Å². The summed E-state index contributed by atoms with van der Waals surface area (Å²) in [6.07, 6.45) is 1.36. The van der Waals surface area contributed by atoms with Crippen LogP contribution < -0.4 is 5.56 Å². The molecule has 1 aromatic heterocycles. The fourth-order valence-corrected chi connectivity index (χ4v) is 4.76. The molecule has 0 spiro atoms. The average molecular weight is 396 g/mol. The fraction of sp³-hybridized carbons (Fsp3) is 0.294. The molecule has 0 radical (unpaired) electrons. The number of sulfonamides is 1. The quantitative estimate of drug-likeness (QED) is 0.852. The minimum atomic E-state index is -3.67. The molecule has 1 aliphatic heterocycles. The second kappa shape index (κ2) is 7.22. The Hall–Kier alpha value is -2.16. The van der Waals surface area contributed by atoms with Gasteiger partial charge in [0.25, 0.3) is 5.91 Å². The van der Waals surface area contributed by atoms with E-state index in [0.29, 0.717) is 16.1 Å².